The minimum atomic E-state index is -0.328. The summed E-state index contributed by atoms with van der Waals surface area (Å²) in [6.45, 7) is 2.16. The van der Waals surface area contributed by atoms with Crippen molar-refractivity contribution in [2.45, 2.75) is 20.0 Å². The molecule has 2 aromatic carbocycles. The number of benzene rings is 2. The fourth-order valence-electron chi connectivity index (χ4n) is 2.48. The van der Waals surface area contributed by atoms with Gasteiger partial charge in [0.2, 0.25) is 5.13 Å². The first-order valence-corrected chi connectivity index (χ1v) is 10.4. The van der Waals surface area contributed by atoms with Crippen molar-refractivity contribution < 1.29 is 18.7 Å². The molecule has 3 rings (SSSR count). The number of nitrogens with zero attached hydrogens (tertiary/aromatic N) is 2. The number of carbonyl (C=O) groups is 1. The predicted molar refractivity (Wildman–Crippen MR) is 116 cm³/mol. The summed E-state index contributed by atoms with van der Waals surface area (Å²) in [5.74, 6) is -0.144. The van der Waals surface area contributed by atoms with E-state index < -0.39 is 0 Å². The minimum absolute atomic E-state index is 0.0757. The Morgan fingerprint density at radius 2 is 2.17 bits per heavy atom. The molecule has 0 aliphatic carbocycles. The lowest BCUT2D eigenvalue weighted by atomic mass is 10.2. The summed E-state index contributed by atoms with van der Waals surface area (Å²) in [4.78, 5) is 15.8. The van der Waals surface area contributed by atoms with E-state index in [2.05, 4.69) is 15.5 Å². The van der Waals surface area contributed by atoms with Gasteiger partial charge in [0.15, 0.2) is 0 Å². The Morgan fingerprint density at radius 3 is 2.97 bits per heavy atom. The van der Waals surface area contributed by atoms with Gasteiger partial charge in [-0.05, 0) is 31.2 Å². The number of carbonyl (C=O) groups excluding carboxylic acids is 1. The lowest BCUT2D eigenvalue weighted by molar-refractivity contribution is -0.142. The number of hydrogen-bond donors (Lipinski definition) is 1. The second kappa shape index (κ2) is 10.7. The summed E-state index contributed by atoms with van der Waals surface area (Å²) >= 11 is 7.40. The standard InChI is InChI=1S/C21H19ClFN3O3S/c1-2-28-20(27)10-17-13-30-21(25-17)26-24-11-15-9-16(22)7-8-19(15)29-12-14-5-3-4-6-18(14)23/h3-9,11,13H,2,10,12H2,1H3,(H,25,26). The Morgan fingerprint density at radius 1 is 1.33 bits per heavy atom. The summed E-state index contributed by atoms with van der Waals surface area (Å²) in [5.41, 5.74) is 4.49. The molecule has 0 saturated heterocycles. The van der Waals surface area contributed by atoms with Crippen molar-refractivity contribution in [3.63, 3.8) is 0 Å². The molecule has 0 unspecified atom stereocenters. The molecule has 3 aromatic rings. The van der Waals surface area contributed by atoms with Crippen LogP contribution in [0.1, 0.15) is 23.7 Å². The third-order valence-corrected chi connectivity index (χ3v) is 4.89. The molecule has 0 atom stereocenters. The van der Waals surface area contributed by atoms with Crippen LogP contribution >= 0.6 is 22.9 Å². The van der Waals surface area contributed by atoms with E-state index in [1.807, 2.05) is 0 Å². The molecule has 0 saturated carbocycles. The fraction of sp³-hybridized carbons (Fsp3) is 0.190. The maximum atomic E-state index is 13.8. The van der Waals surface area contributed by atoms with Crippen molar-refractivity contribution >= 4 is 40.3 Å². The van der Waals surface area contributed by atoms with Crippen LogP contribution in [0.25, 0.3) is 0 Å². The molecule has 156 valence electrons. The maximum Gasteiger partial charge on any atom is 0.311 e. The third-order valence-electron chi connectivity index (χ3n) is 3.86. The molecule has 0 bridgehead atoms. The van der Waals surface area contributed by atoms with E-state index in [1.165, 1.54) is 23.6 Å². The molecular weight excluding hydrogens is 429 g/mol. The third kappa shape index (κ3) is 6.27. The van der Waals surface area contributed by atoms with Gasteiger partial charge < -0.3 is 9.47 Å². The van der Waals surface area contributed by atoms with E-state index in [9.17, 15) is 9.18 Å². The van der Waals surface area contributed by atoms with Gasteiger partial charge in [0.1, 0.15) is 18.2 Å². The molecule has 30 heavy (non-hydrogen) atoms. The van der Waals surface area contributed by atoms with Crippen LogP contribution in [0.3, 0.4) is 0 Å². The summed E-state index contributed by atoms with van der Waals surface area (Å²) in [6.07, 6.45) is 1.65. The van der Waals surface area contributed by atoms with Crippen molar-refractivity contribution in [2.24, 2.45) is 5.10 Å². The number of nitrogens with one attached hydrogen (secondary N) is 1. The minimum Gasteiger partial charge on any atom is -0.488 e. The van der Waals surface area contributed by atoms with Gasteiger partial charge >= 0.3 is 5.97 Å². The maximum absolute atomic E-state index is 13.8. The van der Waals surface area contributed by atoms with Crippen LogP contribution in [0, 0.1) is 5.82 Å². The Balaban J connectivity index is 1.64. The average molecular weight is 448 g/mol. The number of thiazole rings is 1. The van der Waals surface area contributed by atoms with Gasteiger partial charge in [-0.25, -0.2) is 9.37 Å². The Hall–Kier alpha value is -2.97. The van der Waals surface area contributed by atoms with Crippen molar-refractivity contribution in [3.8, 4) is 5.75 Å². The molecule has 0 fully saturated rings. The largest absolute Gasteiger partial charge is 0.488 e. The van der Waals surface area contributed by atoms with Crippen LogP contribution < -0.4 is 10.2 Å². The zero-order valence-corrected chi connectivity index (χ0v) is 17.7. The number of aromatic nitrogens is 1. The second-order valence-corrected chi connectivity index (χ2v) is 7.35. The first-order chi connectivity index (χ1) is 14.5. The number of esters is 1. The highest BCUT2D eigenvalue weighted by atomic mass is 35.5. The molecule has 9 heteroatoms. The van der Waals surface area contributed by atoms with E-state index in [0.29, 0.717) is 39.3 Å². The molecular formula is C21H19ClFN3O3S. The molecule has 1 N–H and O–H groups in total. The van der Waals surface area contributed by atoms with E-state index in [-0.39, 0.29) is 24.8 Å². The number of rotatable bonds is 9. The van der Waals surface area contributed by atoms with Gasteiger partial charge in [-0.15, -0.1) is 11.3 Å². The van der Waals surface area contributed by atoms with Crippen LogP contribution in [0.15, 0.2) is 52.9 Å². The topological polar surface area (TPSA) is 72.8 Å². The van der Waals surface area contributed by atoms with E-state index in [1.54, 1.807) is 48.7 Å². The zero-order valence-electron chi connectivity index (χ0n) is 16.1. The molecule has 0 radical (unpaired) electrons. The van der Waals surface area contributed by atoms with Crippen LogP contribution in [-0.4, -0.2) is 23.8 Å². The molecule has 6 nitrogen and oxygen atoms in total. The highest BCUT2D eigenvalue weighted by Gasteiger charge is 2.09. The normalized spacial score (nSPS) is 10.9. The highest BCUT2D eigenvalue weighted by molar-refractivity contribution is 7.13. The quantitative estimate of drug-likeness (QED) is 0.282. The van der Waals surface area contributed by atoms with Crippen molar-refractivity contribution in [1.82, 2.24) is 4.98 Å². The van der Waals surface area contributed by atoms with Crippen LogP contribution in [0.2, 0.25) is 5.02 Å². The van der Waals surface area contributed by atoms with Gasteiger partial charge in [0.05, 0.1) is 24.9 Å². The smallest absolute Gasteiger partial charge is 0.311 e. The monoisotopic (exact) mass is 447 g/mol. The Bertz CT molecular complexity index is 1040. The first-order valence-electron chi connectivity index (χ1n) is 9.10. The van der Waals surface area contributed by atoms with Gasteiger partial charge in [0, 0.05) is 21.5 Å². The number of anilines is 1. The lowest BCUT2D eigenvalue weighted by Gasteiger charge is -2.10. The molecule has 0 aliphatic rings. The Labute approximate surface area is 182 Å². The predicted octanol–water partition coefficient (Wildman–Crippen LogP) is 5.07. The zero-order chi connectivity index (χ0) is 21.3. The van der Waals surface area contributed by atoms with Crippen LogP contribution in [0.5, 0.6) is 5.75 Å². The number of hydrogen-bond acceptors (Lipinski definition) is 7. The number of ether oxygens (including phenoxy) is 2. The summed E-state index contributed by atoms with van der Waals surface area (Å²) in [6, 6.07) is 11.5. The molecule has 0 spiro atoms. The van der Waals surface area contributed by atoms with Gasteiger partial charge in [-0.3, -0.25) is 10.2 Å². The van der Waals surface area contributed by atoms with Crippen molar-refractivity contribution in [3.05, 3.63) is 75.5 Å². The number of halogens is 2. The van der Waals surface area contributed by atoms with Crippen molar-refractivity contribution in [2.75, 3.05) is 12.0 Å². The van der Waals surface area contributed by atoms with E-state index in [0.717, 1.165) is 0 Å². The molecule has 0 amide bonds. The SMILES string of the molecule is CCOC(=O)Cc1csc(NN=Cc2cc(Cl)ccc2OCc2ccccc2F)n1. The first kappa shape index (κ1) is 21.7. The number of hydrazone groups is 1. The van der Waals surface area contributed by atoms with Gasteiger partial charge in [0.25, 0.3) is 0 Å². The van der Waals surface area contributed by atoms with Gasteiger partial charge in [-0.1, -0.05) is 29.8 Å². The Kier molecular flexibility index (Phi) is 7.75. The fourth-order valence-corrected chi connectivity index (χ4v) is 3.32. The highest BCUT2D eigenvalue weighted by Crippen LogP contribution is 2.23. The second-order valence-electron chi connectivity index (χ2n) is 6.06. The lowest BCUT2D eigenvalue weighted by Crippen LogP contribution is -2.07. The van der Waals surface area contributed by atoms with E-state index in [4.69, 9.17) is 21.1 Å². The van der Waals surface area contributed by atoms with Crippen LogP contribution in [-0.2, 0) is 22.6 Å². The summed E-state index contributed by atoms with van der Waals surface area (Å²) < 4.78 is 24.5. The average Bonchev–Trinajstić information content (AvgIpc) is 3.15. The summed E-state index contributed by atoms with van der Waals surface area (Å²) in [5, 5.41) is 6.96. The van der Waals surface area contributed by atoms with Gasteiger partial charge in [-0.2, -0.15) is 5.10 Å². The molecule has 1 aromatic heterocycles. The van der Waals surface area contributed by atoms with Crippen molar-refractivity contribution in [1.29, 1.82) is 0 Å². The van der Waals surface area contributed by atoms with Crippen LogP contribution in [0.4, 0.5) is 9.52 Å². The molecule has 1 heterocycles. The van der Waals surface area contributed by atoms with E-state index >= 15 is 0 Å². The molecule has 0 aliphatic heterocycles. The summed E-state index contributed by atoms with van der Waals surface area (Å²) in [7, 11) is 0.